The molecule has 0 saturated carbocycles. The minimum Gasteiger partial charge on any atom is -0.310 e. The molecular formula is C56H39N. The summed E-state index contributed by atoms with van der Waals surface area (Å²) < 4.78 is 68.6. The molecule has 0 unspecified atom stereocenters. The van der Waals surface area contributed by atoms with E-state index in [4.69, 9.17) is 0 Å². The van der Waals surface area contributed by atoms with Gasteiger partial charge in [-0.15, -0.1) is 0 Å². The Kier molecular flexibility index (Phi) is 7.14. The molecule has 0 aliphatic carbocycles. The average molecular weight is 733 g/mol. The Balaban J connectivity index is 1.27. The van der Waals surface area contributed by atoms with Crippen molar-refractivity contribution in [2.45, 2.75) is 0 Å². The zero-order chi connectivity index (χ0) is 44.1. The number of nitrogens with zero attached hydrogens (tertiary/aromatic N) is 1. The van der Waals surface area contributed by atoms with Gasteiger partial charge in [0.2, 0.25) is 0 Å². The van der Waals surface area contributed by atoms with Crippen LogP contribution in [-0.4, -0.2) is 0 Å². The van der Waals surface area contributed by atoms with Crippen molar-refractivity contribution in [3.05, 3.63) is 236 Å². The first-order chi connectivity index (χ1) is 31.2. The summed E-state index contributed by atoms with van der Waals surface area (Å²) in [5.41, 5.74) is 6.53. The molecule has 1 heteroatoms. The molecule has 0 bridgehead atoms. The van der Waals surface area contributed by atoms with Crippen LogP contribution >= 0.6 is 0 Å². The zero-order valence-corrected chi connectivity index (χ0v) is 30.9. The quantitative estimate of drug-likeness (QED) is 0.150. The summed E-state index contributed by atoms with van der Waals surface area (Å²) >= 11 is 0. The molecule has 0 aromatic heterocycles. The number of fused-ring (bicyclic) bond motifs is 2. The van der Waals surface area contributed by atoms with Crippen LogP contribution in [0, 0.1) is 0 Å². The van der Waals surface area contributed by atoms with E-state index in [1.807, 2.05) is 170 Å². The van der Waals surface area contributed by atoms with Crippen LogP contribution in [-0.2, 0) is 0 Å². The average Bonchev–Trinajstić information content (AvgIpc) is 3.34. The summed E-state index contributed by atoms with van der Waals surface area (Å²) in [6.07, 6.45) is 0. The lowest BCUT2D eigenvalue weighted by atomic mass is 9.89. The fraction of sp³-hybridized carbons (Fsp3) is 0. The topological polar surface area (TPSA) is 3.24 Å². The van der Waals surface area contributed by atoms with Crippen LogP contribution in [0.1, 0.15) is 9.60 Å². The summed E-state index contributed by atoms with van der Waals surface area (Å²) in [7, 11) is 0. The molecule has 0 heterocycles. The largest absolute Gasteiger partial charge is 0.310 e. The first kappa shape index (κ1) is 27.2. The highest BCUT2D eigenvalue weighted by Crippen LogP contribution is 2.45. The maximum Gasteiger partial charge on any atom is 0.0645 e. The second kappa shape index (κ2) is 15.0. The van der Waals surface area contributed by atoms with Crippen molar-refractivity contribution in [1.82, 2.24) is 0 Å². The molecule has 0 aliphatic heterocycles. The molecule has 0 fully saturated rings. The second-order valence-corrected chi connectivity index (χ2v) is 13.9. The third-order valence-corrected chi connectivity index (χ3v) is 10.5. The van der Waals surface area contributed by atoms with Gasteiger partial charge in [0, 0.05) is 16.9 Å². The van der Waals surface area contributed by atoms with Crippen molar-refractivity contribution < 1.29 is 9.60 Å². The van der Waals surface area contributed by atoms with Crippen molar-refractivity contribution in [3.63, 3.8) is 0 Å². The van der Waals surface area contributed by atoms with Crippen molar-refractivity contribution in [2.24, 2.45) is 0 Å². The molecule has 0 aliphatic rings. The highest BCUT2D eigenvalue weighted by Gasteiger charge is 2.20. The van der Waals surface area contributed by atoms with Gasteiger partial charge in [0.1, 0.15) is 0 Å². The second-order valence-electron chi connectivity index (χ2n) is 13.9. The molecule has 1 nitrogen and oxygen atoms in total. The predicted octanol–water partition coefficient (Wildman–Crippen LogP) is 15.8. The van der Waals surface area contributed by atoms with Crippen LogP contribution in [0.4, 0.5) is 17.1 Å². The van der Waals surface area contributed by atoms with Crippen LogP contribution in [0.5, 0.6) is 0 Å². The monoisotopic (exact) mass is 732 g/mol. The summed E-state index contributed by atoms with van der Waals surface area (Å²) in [5, 5.41) is 4.05. The third-order valence-electron chi connectivity index (χ3n) is 10.5. The first-order valence-corrected chi connectivity index (χ1v) is 19.0. The normalized spacial score (nSPS) is 12.9. The molecule has 0 N–H and O–H groups in total. The molecule has 10 rings (SSSR count). The Morgan fingerprint density at radius 3 is 1.54 bits per heavy atom. The van der Waals surface area contributed by atoms with E-state index in [1.54, 1.807) is 4.90 Å². The highest BCUT2D eigenvalue weighted by molar-refractivity contribution is 6.04. The van der Waals surface area contributed by atoms with Crippen molar-refractivity contribution in [2.75, 3.05) is 4.90 Å². The van der Waals surface area contributed by atoms with Crippen LogP contribution in [0.3, 0.4) is 0 Å². The van der Waals surface area contributed by atoms with E-state index in [-0.39, 0.29) is 64.8 Å². The van der Waals surface area contributed by atoms with Gasteiger partial charge >= 0.3 is 0 Å². The minimum absolute atomic E-state index is 0.00122. The number of benzene rings is 10. The molecule has 10 aromatic rings. The number of anilines is 3. The Bertz CT molecular complexity index is 3360. The maximum atomic E-state index is 9.90. The van der Waals surface area contributed by atoms with Crippen molar-refractivity contribution in [3.8, 4) is 55.6 Å². The summed E-state index contributed by atoms with van der Waals surface area (Å²) in [4.78, 5) is 1.56. The fourth-order valence-corrected chi connectivity index (χ4v) is 7.72. The molecule has 57 heavy (non-hydrogen) atoms. The van der Waals surface area contributed by atoms with Crippen LogP contribution in [0.2, 0.25) is 0 Å². The molecular weight excluding hydrogens is 687 g/mol. The predicted molar refractivity (Wildman–Crippen MR) is 243 cm³/mol. The molecule has 0 spiro atoms. The van der Waals surface area contributed by atoms with Crippen LogP contribution < -0.4 is 4.90 Å². The Morgan fingerprint density at radius 2 is 0.842 bits per heavy atom. The third kappa shape index (κ3) is 6.56. The fourth-order valence-electron chi connectivity index (χ4n) is 7.72. The van der Waals surface area contributed by atoms with Gasteiger partial charge in [0.05, 0.1) is 15.3 Å². The summed E-state index contributed by atoms with van der Waals surface area (Å²) in [5.74, 6) is 0. The highest BCUT2D eigenvalue weighted by atomic mass is 15.1. The van der Waals surface area contributed by atoms with Gasteiger partial charge in [-0.1, -0.05) is 200 Å². The zero-order valence-electron chi connectivity index (χ0n) is 37.9. The number of rotatable bonds is 8. The molecule has 10 aromatic carbocycles. The smallest absolute Gasteiger partial charge is 0.0645 e. The van der Waals surface area contributed by atoms with Crippen LogP contribution in [0.15, 0.2) is 236 Å². The molecule has 0 amide bonds. The number of hydrogen-bond donors (Lipinski definition) is 0. The van der Waals surface area contributed by atoms with E-state index >= 15 is 0 Å². The van der Waals surface area contributed by atoms with Gasteiger partial charge in [-0.05, 0) is 108 Å². The minimum atomic E-state index is -0.329. The molecule has 0 radical (unpaired) electrons. The molecule has 0 saturated heterocycles. The van der Waals surface area contributed by atoms with Gasteiger partial charge in [-0.2, -0.15) is 0 Å². The van der Waals surface area contributed by atoms with E-state index in [9.17, 15) is 9.60 Å². The van der Waals surface area contributed by atoms with E-state index in [0.29, 0.717) is 27.9 Å². The van der Waals surface area contributed by atoms with Gasteiger partial charge in [0.15, 0.2) is 0 Å². The van der Waals surface area contributed by atoms with E-state index in [1.165, 1.54) is 0 Å². The lowest BCUT2D eigenvalue weighted by Crippen LogP contribution is -2.11. The SMILES string of the molecule is [2H]c1c([2H])c(N(c2ccc(-c3cccc4ccccc34)cc2)c2c([2H])c([2H])c(-c3ccc4ccccc4c3-c3ccccc3)c([2H])c2[2H])c(-c2ccccc2)c([2H])c1-c1ccccc1. The standard InChI is InChI=1S/C56H39N/c1-4-15-40(16-5-1)47-32-38-55(54(39-47)42-17-6-2-7-18-42)57(48-33-27-44(28-34-48)51-26-14-23-41-19-10-12-24-50(41)51)49-35-29-45(30-36-49)53-37-31-43-20-11-13-25-52(43)56(53)46-21-8-3-9-22-46/h1-39H/i29D,30D,32D,35D,36D,38D,39D. The Hall–Kier alpha value is -7.48. The van der Waals surface area contributed by atoms with Gasteiger partial charge in [0.25, 0.3) is 0 Å². The number of hydrogen-bond acceptors (Lipinski definition) is 1. The Labute approximate surface area is 344 Å². The lowest BCUT2D eigenvalue weighted by Gasteiger charge is -2.29. The van der Waals surface area contributed by atoms with E-state index < -0.39 is 0 Å². The Morgan fingerprint density at radius 1 is 0.298 bits per heavy atom. The van der Waals surface area contributed by atoms with Gasteiger partial charge in [-0.25, -0.2) is 0 Å². The van der Waals surface area contributed by atoms with Crippen molar-refractivity contribution in [1.29, 1.82) is 0 Å². The molecule has 0 atom stereocenters. The summed E-state index contributed by atoms with van der Waals surface area (Å²) in [6, 6.07) is 60.3. The van der Waals surface area contributed by atoms with Crippen molar-refractivity contribution >= 4 is 38.6 Å². The first-order valence-electron chi connectivity index (χ1n) is 22.5. The van der Waals surface area contributed by atoms with Gasteiger partial charge in [-0.3, -0.25) is 0 Å². The maximum absolute atomic E-state index is 9.90. The van der Waals surface area contributed by atoms with E-state index in [2.05, 4.69) is 24.3 Å². The summed E-state index contributed by atoms with van der Waals surface area (Å²) in [6.45, 7) is 0. The van der Waals surface area contributed by atoms with Gasteiger partial charge < -0.3 is 4.90 Å². The van der Waals surface area contributed by atoms with E-state index in [0.717, 1.165) is 43.8 Å². The lowest BCUT2D eigenvalue weighted by molar-refractivity contribution is 1.28. The van der Waals surface area contributed by atoms with Crippen LogP contribution in [0.25, 0.3) is 77.2 Å². The molecule has 268 valence electrons.